The maximum absolute atomic E-state index is 12.1. The maximum Gasteiger partial charge on any atom is 0.259 e. The molecule has 1 atom stereocenters. The van der Waals surface area contributed by atoms with E-state index in [0.29, 0.717) is 6.54 Å². The van der Waals surface area contributed by atoms with Crippen LogP contribution in [0.2, 0.25) is 5.02 Å². The first-order valence-electron chi connectivity index (χ1n) is 5.84. The second kappa shape index (κ2) is 6.11. The monoisotopic (exact) mass is 371 g/mol. The molecule has 0 aliphatic carbocycles. The Morgan fingerprint density at radius 3 is 2.53 bits per heavy atom. The van der Waals surface area contributed by atoms with Crippen LogP contribution in [0, 0.1) is 5.41 Å². The highest BCUT2D eigenvalue weighted by molar-refractivity contribution is 9.09. The van der Waals surface area contributed by atoms with E-state index in [1.54, 1.807) is 7.05 Å². The summed E-state index contributed by atoms with van der Waals surface area (Å²) in [5.41, 5.74) is 0.129. The summed E-state index contributed by atoms with van der Waals surface area (Å²) in [5.74, 6) is 0. The van der Waals surface area contributed by atoms with Crippen LogP contribution in [-0.4, -0.2) is 29.6 Å². The topological polar surface area (TPSA) is 64.0 Å². The Kier molecular flexibility index (Phi) is 5.45. The van der Waals surface area contributed by atoms with Crippen LogP contribution in [0.25, 0.3) is 0 Å². The molecule has 0 fully saturated rings. The van der Waals surface area contributed by atoms with E-state index >= 15 is 0 Å². The zero-order valence-corrected chi connectivity index (χ0v) is 14.6. The third-order valence-corrected chi connectivity index (χ3v) is 5.00. The van der Waals surface area contributed by atoms with Crippen molar-refractivity contribution in [3.63, 3.8) is 0 Å². The van der Waals surface area contributed by atoms with Crippen molar-refractivity contribution < 1.29 is 8.42 Å². The molecule has 0 radical (unpaired) electrons. The summed E-state index contributed by atoms with van der Waals surface area (Å²) in [6.07, 6.45) is 2.17. The first-order valence-corrected chi connectivity index (χ1v) is 8.62. The Hall–Kier alpha value is -0.110. The van der Waals surface area contributed by atoms with Gasteiger partial charge in [0.1, 0.15) is 0 Å². The fourth-order valence-corrected chi connectivity index (χ4v) is 4.79. The van der Waals surface area contributed by atoms with Gasteiger partial charge in [0.15, 0.2) is 5.03 Å². The third-order valence-electron chi connectivity index (χ3n) is 2.43. The van der Waals surface area contributed by atoms with Gasteiger partial charge in [0.25, 0.3) is 10.0 Å². The summed E-state index contributed by atoms with van der Waals surface area (Å²) in [6.45, 7) is 6.62. The van der Waals surface area contributed by atoms with Crippen molar-refractivity contribution in [3.05, 3.63) is 11.2 Å². The Balaban J connectivity index is 2.72. The summed E-state index contributed by atoms with van der Waals surface area (Å²) in [4.78, 5) is 0.0641. The average molecular weight is 373 g/mol. The summed E-state index contributed by atoms with van der Waals surface area (Å²) in [6, 6.07) is 0. The molecular formula is C11H19BrClN3O2S. The van der Waals surface area contributed by atoms with Gasteiger partial charge in [-0.2, -0.15) is 5.10 Å². The second-order valence-corrected chi connectivity index (χ2v) is 9.02. The number of nitrogens with one attached hydrogen (secondary N) is 1. The molecule has 1 aromatic rings. The standard InChI is InChI=1S/C11H19BrClN3O2S/c1-11(2,3)5-8(12)6-15-19(17,18)10-9(13)7-14-16(10)4/h7-8,15H,5-6H2,1-4H3. The smallest absolute Gasteiger partial charge is 0.255 e. The van der Waals surface area contributed by atoms with E-state index < -0.39 is 10.0 Å². The molecular weight excluding hydrogens is 354 g/mol. The molecule has 0 saturated heterocycles. The van der Waals surface area contributed by atoms with Crippen LogP contribution in [0.4, 0.5) is 0 Å². The van der Waals surface area contributed by atoms with Crippen LogP contribution < -0.4 is 4.72 Å². The Labute approximate surface area is 127 Å². The van der Waals surface area contributed by atoms with E-state index in [4.69, 9.17) is 11.6 Å². The summed E-state index contributed by atoms with van der Waals surface area (Å²) >= 11 is 9.32. The fourth-order valence-electron chi connectivity index (χ4n) is 1.71. The van der Waals surface area contributed by atoms with Gasteiger partial charge in [-0.15, -0.1) is 0 Å². The minimum absolute atomic E-state index is 0.00961. The number of halogens is 2. The van der Waals surface area contributed by atoms with Crippen molar-refractivity contribution in [2.75, 3.05) is 6.54 Å². The molecule has 110 valence electrons. The predicted molar refractivity (Wildman–Crippen MR) is 80.2 cm³/mol. The highest BCUT2D eigenvalue weighted by Crippen LogP contribution is 2.25. The number of aromatic nitrogens is 2. The molecule has 1 unspecified atom stereocenters. The Bertz CT molecular complexity index is 517. The first kappa shape index (κ1) is 16.9. The minimum atomic E-state index is -3.64. The summed E-state index contributed by atoms with van der Waals surface area (Å²) < 4.78 is 28.0. The zero-order valence-electron chi connectivity index (χ0n) is 11.4. The highest BCUT2D eigenvalue weighted by Gasteiger charge is 2.24. The van der Waals surface area contributed by atoms with E-state index in [-0.39, 0.29) is 20.3 Å². The summed E-state index contributed by atoms with van der Waals surface area (Å²) in [5, 5.41) is 3.94. The van der Waals surface area contributed by atoms with Crippen molar-refractivity contribution >= 4 is 37.6 Å². The van der Waals surface area contributed by atoms with Crippen LogP contribution >= 0.6 is 27.5 Å². The molecule has 1 rings (SSSR count). The number of hydrogen-bond acceptors (Lipinski definition) is 3. The molecule has 5 nitrogen and oxygen atoms in total. The van der Waals surface area contributed by atoms with Gasteiger partial charge in [-0.25, -0.2) is 13.1 Å². The molecule has 0 bridgehead atoms. The van der Waals surface area contributed by atoms with Gasteiger partial charge in [0, 0.05) is 18.4 Å². The number of alkyl halides is 1. The number of nitrogens with zero attached hydrogens (tertiary/aromatic N) is 2. The van der Waals surface area contributed by atoms with Crippen LogP contribution in [0.1, 0.15) is 27.2 Å². The van der Waals surface area contributed by atoms with Crippen molar-refractivity contribution in [3.8, 4) is 0 Å². The fraction of sp³-hybridized carbons (Fsp3) is 0.727. The van der Waals surface area contributed by atoms with E-state index in [9.17, 15) is 8.42 Å². The van der Waals surface area contributed by atoms with Gasteiger partial charge in [-0.05, 0) is 11.8 Å². The second-order valence-electron chi connectivity index (χ2n) is 5.64. The average Bonchev–Trinajstić information content (AvgIpc) is 2.54. The molecule has 0 spiro atoms. The highest BCUT2D eigenvalue weighted by atomic mass is 79.9. The molecule has 0 amide bonds. The molecule has 1 aromatic heterocycles. The minimum Gasteiger partial charge on any atom is -0.255 e. The normalized spacial score (nSPS) is 14.6. The number of rotatable bonds is 5. The lowest BCUT2D eigenvalue weighted by molar-refractivity contribution is 0.373. The van der Waals surface area contributed by atoms with Gasteiger partial charge >= 0.3 is 0 Å². The summed E-state index contributed by atoms with van der Waals surface area (Å²) in [7, 11) is -2.10. The van der Waals surface area contributed by atoms with Crippen LogP contribution in [0.15, 0.2) is 11.2 Å². The lowest BCUT2D eigenvalue weighted by Gasteiger charge is -2.22. The molecule has 0 aliphatic rings. The number of aryl methyl sites for hydroxylation is 1. The zero-order chi connectivity index (χ0) is 14.8. The van der Waals surface area contributed by atoms with Crippen LogP contribution in [-0.2, 0) is 17.1 Å². The predicted octanol–water partition coefficient (Wildman–Crippen LogP) is 2.55. The lowest BCUT2D eigenvalue weighted by Crippen LogP contribution is -2.32. The number of sulfonamides is 1. The van der Waals surface area contributed by atoms with Crippen LogP contribution in [0.5, 0.6) is 0 Å². The first-order chi connectivity index (χ1) is 8.53. The largest absolute Gasteiger partial charge is 0.259 e. The molecule has 8 heteroatoms. The lowest BCUT2D eigenvalue weighted by atomic mass is 9.91. The van der Waals surface area contributed by atoms with Gasteiger partial charge in [0.05, 0.1) is 11.2 Å². The van der Waals surface area contributed by atoms with Crippen molar-refractivity contribution in [2.24, 2.45) is 12.5 Å². The van der Waals surface area contributed by atoms with Gasteiger partial charge in [-0.3, -0.25) is 4.68 Å². The van der Waals surface area contributed by atoms with Crippen LogP contribution in [0.3, 0.4) is 0 Å². The molecule has 19 heavy (non-hydrogen) atoms. The molecule has 0 aromatic carbocycles. The SMILES string of the molecule is Cn1ncc(Cl)c1S(=O)(=O)NCC(Br)CC(C)(C)C. The van der Waals surface area contributed by atoms with E-state index in [1.807, 2.05) is 0 Å². The van der Waals surface area contributed by atoms with E-state index in [2.05, 4.69) is 46.5 Å². The van der Waals surface area contributed by atoms with Crippen molar-refractivity contribution in [1.29, 1.82) is 0 Å². The van der Waals surface area contributed by atoms with Gasteiger partial charge in [-0.1, -0.05) is 48.3 Å². The quantitative estimate of drug-likeness (QED) is 0.808. The van der Waals surface area contributed by atoms with Crippen molar-refractivity contribution in [1.82, 2.24) is 14.5 Å². The van der Waals surface area contributed by atoms with E-state index in [0.717, 1.165) is 6.42 Å². The van der Waals surface area contributed by atoms with Crippen molar-refractivity contribution in [2.45, 2.75) is 37.0 Å². The van der Waals surface area contributed by atoms with Gasteiger partial charge in [0.2, 0.25) is 0 Å². The third kappa shape index (κ3) is 5.06. The van der Waals surface area contributed by atoms with E-state index in [1.165, 1.54) is 10.9 Å². The molecule has 0 saturated carbocycles. The van der Waals surface area contributed by atoms with Gasteiger partial charge < -0.3 is 0 Å². The molecule has 1 heterocycles. The molecule has 0 aliphatic heterocycles. The molecule has 1 N–H and O–H groups in total. The maximum atomic E-state index is 12.1. The number of hydrogen-bond donors (Lipinski definition) is 1. The Morgan fingerprint density at radius 2 is 2.11 bits per heavy atom. The Morgan fingerprint density at radius 1 is 1.53 bits per heavy atom.